The number of carbonyl (C=O) groups excluding carboxylic acids is 1. The molecule has 5 heteroatoms. The summed E-state index contributed by atoms with van der Waals surface area (Å²) in [5.41, 5.74) is 0.338. The smallest absolute Gasteiger partial charge is 0.263 e. The van der Waals surface area contributed by atoms with Crippen molar-refractivity contribution in [1.29, 1.82) is 0 Å². The molecule has 1 aliphatic carbocycles. The van der Waals surface area contributed by atoms with Gasteiger partial charge < -0.3 is 14.8 Å². The maximum absolute atomic E-state index is 11.9. The Kier molecular flexibility index (Phi) is 4.90. The third-order valence-corrected chi connectivity index (χ3v) is 2.97. The van der Waals surface area contributed by atoms with Crippen LogP contribution in [0.25, 0.3) is 11.6 Å². The number of hydrogen-bond donors (Lipinski definition) is 2. The van der Waals surface area contributed by atoms with Crippen LogP contribution in [0.1, 0.15) is 13.3 Å². The Morgan fingerprint density at radius 2 is 1.95 bits per heavy atom. The lowest BCUT2D eigenvalue weighted by molar-refractivity contribution is -0.110. The molecule has 0 amide bonds. The Bertz CT molecular complexity index is 750. The van der Waals surface area contributed by atoms with E-state index in [0.29, 0.717) is 17.4 Å². The number of ketones is 1. The third-order valence-electron chi connectivity index (χ3n) is 2.97. The predicted octanol–water partition coefficient (Wildman–Crippen LogP) is -0.0287. The zero-order valence-corrected chi connectivity index (χ0v) is 11.8. The van der Waals surface area contributed by atoms with Crippen molar-refractivity contribution in [2.24, 2.45) is 0 Å². The van der Waals surface area contributed by atoms with Gasteiger partial charge >= 0.3 is 0 Å². The molecule has 0 spiro atoms. The summed E-state index contributed by atoms with van der Waals surface area (Å²) in [6.45, 7) is 3.68. The van der Waals surface area contributed by atoms with Gasteiger partial charge in [0.05, 0.1) is 0 Å². The van der Waals surface area contributed by atoms with Gasteiger partial charge in [0.2, 0.25) is 0 Å². The highest BCUT2D eigenvalue weighted by molar-refractivity contribution is 6.04. The molecule has 0 fully saturated rings. The van der Waals surface area contributed by atoms with Gasteiger partial charge in [-0.25, -0.2) is 0 Å². The van der Waals surface area contributed by atoms with E-state index in [4.69, 9.17) is 4.42 Å². The zero-order chi connectivity index (χ0) is 15.2. The Morgan fingerprint density at radius 1 is 1.24 bits per heavy atom. The highest BCUT2D eigenvalue weighted by atomic mass is 16.3. The standard InChI is InChI=1S/C16H17NO4/c1-2-17-9-3-4-13-10-14(19)15(20)16(21-13)11-5-7-12(18)8-6-11/h4-8,10,17,19H,2-3,9H2,1H3/b13-4-. The van der Waals surface area contributed by atoms with Crippen molar-refractivity contribution >= 4 is 17.4 Å². The summed E-state index contributed by atoms with van der Waals surface area (Å²) < 4.78 is 5.54. The summed E-state index contributed by atoms with van der Waals surface area (Å²) in [6, 6.07) is 1.31. The van der Waals surface area contributed by atoms with Crippen LogP contribution in [0.4, 0.5) is 0 Å². The highest BCUT2D eigenvalue weighted by Gasteiger charge is 2.07. The van der Waals surface area contributed by atoms with E-state index < -0.39 is 5.43 Å². The SMILES string of the molecule is CCNCC/C=c1/cc(O)c(=O)c(=C2C=CC(=O)C=C2)o1. The van der Waals surface area contributed by atoms with E-state index in [0.717, 1.165) is 13.1 Å². The first-order valence-electron chi connectivity index (χ1n) is 6.80. The van der Waals surface area contributed by atoms with Gasteiger partial charge in [-0.15, -0.1) is 0 Å². The minimum absolute atomic E-state index is 0.0321. The van der Waals surface area contributed by atoms with Gasteiger partial charge in [-0.1, -0.05) is 6.92 Å². The maximum Gasteiger partial charge on any atom is 0.263 e. The van der Waals surface area contributed by atoms with E-state index >= 15 is 0 Å². The van der Waals surface area contributed by atoms with Crippen molar-refractivity contribution in [2.75, 3.05) is 13.1 Å². The van der Waals surface area contributed by atoms with Gasteiger partial charge in [0.25, 0.3) is 5.43 Å². The predicted molar refractivity (Wildman–Crippen MR) is 80.2 cm³/mol. The molecule has 0 atom stereocenters. The quantitative estimate of drug-likeness (QED) is 0.760. The Morgan fingerprint density at radius 3 is 2.62 bits per heavy atom. The first kappa shape index (κ1) is 15.0. The van der Waals surface area contributed by atoms with Gasteiger partial charge in [-0.05, 0) is 49.9 Å². The second-order valence-electron chi connectivity index (χ2n) is 4.56. The lowest BCUT2D eigenvalue weighted by atomic mass is 10.1. The fourth-order valence-electron chi connectivity index (χ4n) is 1.90. The zero-order valence-electron chi connectivity index (χ0n) is 11.8. The second kappa shape index (κ2) is 6.85. The van der Waals surface area contributed by atoms with Crippen LogP contribution in [0.2, 0.25) is 0 Å². The molecule has 1 aliphatic rings. The van der Waals surface area contributed by atoms with Gasteiger partial charge in [-0.2, -0.15) is 0 Å². The van der Waals surface area contributed by atoms with E-state index in [-0.39, 0.29) is 16.9 Å². The molecule has 0 aliphatic heterocycles. The van der Waals surface area contributed by atoms with Gasteiger partial charge in [0, 0.05) is 11.6 Å². The van der Waals surface area contributed by atoms with Crippen molar-refractivity contribution in [3.8, 4) is 5.75 Å². The van der Waals surface area contributed by atoms with Crippen LogP contribution < -0.4 is 21.6 Å². The summed E-state index contributed by atoms with van der Waals surface area (Å²) in [4.78, 5) is 23.0. The molecular weight excluding hydrogens is 270 g/mol. The van der Waals surface area contributed by atoms with Gasteiger partial charge in [0.1, 0.15) is 5.42 Å². The topological polar surface area (TPSA) is 79.5 Å². The molecule has 1 aromatic heterocycles. The monoisotopic (exact) mass is 287 g/mol. The van der Waals surface area contributed by atoms with Crippen LogP contribution in [0.3, 0.4) is 0 Å². The normalized spacial score (nSPS) is 15.0. The Balaban J connectivity index is 2.48. The molecule has 0 bridgehead atoms. The van der Waals surface area contributed by atoms with E-state index in [9.17, 15) is 14.7 Å². The largest absolute Gasteiger partial charge is 0.504 e. The molecule has 0 saturated heterocycles. The number of carbonyl (C=O) groups is 1. The van der Waals surface area contributed by atoms with Crippen LogP contribution >= 0.6 is 0 Å². The lowest BCUT2D eigenvalue weighted by Gasteiger charge is -2.00. The first-order valence-corrected chi connectivity index (χ1v) is 6.80. The van der Waals surface area contributed by atoms with Crippen molar-refractivity contribution in [1.82, 2.24) is 5.32 Å². The molecule has 0 radical (unpaired) electrons. The molecular formula is C16H17NO4. The third kappa shape index (κ3) is 3.79. The van der Waals surface area contributed by atoms with Crippen molar-refractivity contribution in [3.63, 3.8) is 0 Å². The highest BCUT2D eigenvalue weighted by Crippen LogP contribution is 2.04. The molecule has 2 N–H and O–H groups in total. The lowest BCUT2D eigenvalue weighted by Crippen LogP contribution is -2.30. The van der Waals surface area contributed by atoms with E-state index in [1.807, 2.05) is 6.92 Å². The fraction of sp³-hybridized carbons (Fsp3) is 0.250. The number of aromatic hydroxyl groups is 1. The number of rotatable bonds is 4. The summed E-state index contributed by atoms with van der Waals surface area (Å²) in [5, 5.41) is 12.9. The molecule has 0 aromatic carbocycles. The van der Waals surface area contributed by atoms with Crippen LogP contribution in [0, 0.1) is 0 Å². The van der Waals surface area contributed by atoms with Crippen LogP contribution in [-0.2, 0) is 4.79 Å². The van der Waals surface area contributed by atoms with Crippen LogP contribution in [0.15, 0.2) is 39.6 Å². The van der Waals surface area contributed by atoms with Crippen molar-refractivity contribution in [2.45, 2.75) is 13.3 Å². The molecule has 110 valence electrons. The Hall–Kier alpha value is -2.40. The molecule has 1 heterocycles. The average Bonchev–Trinajstić information content (AvgIpc) is 2.48. The van der Waals surface area contributed by atoms with Crippen molar-refractivity contribution in [3.05, 3.63) is 51.4 Å². The molecule has 0 unspecified atom stereocenters. The fourth-order valence-corrected chi connectivity index (χ4v) is 1.90. The second-order valence-corrected chi connectivity index (χ2v) is 4.56. The molecule has 2 rings (SSSR count). The molecule has 5 nitrogen and oxygen atoms in total. The van der Waals surface area contributed by atoms with Gasteiger partial charge in [-0.3, -0.25) is 9.59 Å². The molecule has 21 heavy (non-hydrogen) atoms. The van der Waals surface area contributed by atoms with Gasteiger partial charge in [0.15, 0.2) is 16.9 Å². The summed E-state index contributed by atoms with van der Waals surface area (Å²) in [6.07, 6.45) is 8.22. The minimum Gasteiger partial charge on any atom is -0.504 e. The number of nitrogens with one attached hydrogen (secondary N) is 1. The maximum atomic E-state index is 11.9. The van der Waals surface area contributed by atoms with E-state index in [2.05, 4.69) is 5.32 Å². The van der Waals surface area contributed by atoms with E-state index in [1.165, 1.54) is 30.4 Å². The molecule has 0 saturated carbocycles. The van der Waals surface area contributed by atoms with Crippen LogP contribution in [-0.4, -0.2) is 24.0 Å². The van der Waals surface area contributed by atoms with E-state index in [1.54, 1.807) is 6.08 Å². The number of allylic oxidation sites excluding steroid dienone is 4. The summed E-state index contributed by atoms with van der Waals surface area (Å²) >= 11 is 0. The summed E-state index contributed by atoms with van der Waals surface area (Å²) in [7, 11) is 0. The van der Waals surface area contributed by atoms with Crippen LogP contribution in [0.5, 0.6) is 5.75 Å². The van der Waals surface area contributed by atoms with Crippen molar-refractivity contribution < 1.29 is 14.3 Å². The Labute approximate surface area is 121 Å². The number of hydrogen-bond acceptors (Lipinski definition) is 5. The molecule has 1 aromatic rings. The minimum atomic E-state index is -0.586. The first-order chi connectivity index (χ1) is 10.1. The summed E-state index contributed by atoms with van der Waals surface area (Å²) in [5.74, 6) is -0.513. The average molecular weight is 287 g/mol.